The first-order chi connectivity index (χ1) is 8.06. The number of amides is 1. The highest BCUT2D eigenvalue weighted by atomic mass is 32.1. The Morgan fingerprint density at radius 1 is 1.71 bits per heavy atom. The van der Waals surface area contributed by atoms with E-state index in [0.717, 1.165) is 18.2 Å². The van der Waals surface area contributed by atoms with Gasteiger partial charge < -0.3 is 5.32 Å². The molecule has 2 rings (SSSR count). The van der Waals surface area contributed by atoms with E-state index >= 15 is 0 Å². The molecule has 1 saturated carbocycles. The summed E-state index contributed by atoms with van der Waals surface area (Å²) in [4.78, 5) is 17.6. The molecule has 17 heavy (non-hydrogen) atoms. The number of hydrogen-bond donors (Lipinski definition) is 1. The molecule has 94 valence electrons. The molecule has 1 aliphatic rings. The molecule has 0 spiro atoms. The SMILES string of the molecule is CC(=O)Nc1nc(CN(C)C(C)C2CC2)cs1. The minimum Gasteiger partial charge on any atom is -0.302 e. The first-order valence-corrected chi connectivity index (χ1v) is 6.86. The number of nitrogens with zero attached hydrogens (tertiary/aromatic N) is 2. The van der Waals surface area contributed by atoms with Crippen LogP contribution in [0.2, 0.25) is 0 Å². The van der Waals surface area contributed by atoms with Crippen LogP contribution in [-0.4, -0.2) is 28.9 Å². The van der Waals surface area contributed by atoms with E-state index in [4.69, 9.17) is 0 Å². The molecule has 1 N–H and O–H groups in total. The van der Waals surface area contributed by atoms with Crippen molar-refractivity contribution in [1.82, 2.24) is 9.88 Å². The molecule has 1 fully saturated rings. The van der Waals surface area contributed by atoms with Crippen molar-refractivity contribution in [3.8, 4) is 0 Å². The summed E-state index contributed by atoms with van der Waals surface area (Å²) in [7, 11) is 2.14. The molecular formula is C12H19N3OS. The molecule has 0 radical (unpaired) electrons. The minimum atomic E-state index is -0.0643. The fourth-order valence-corrected chi connectivity index (χ4v) is 2.67. The molecule has 0 aromatic carbocycles. The fourth-order valence-electron chi connectivity index (χ4n) is 1.93. The Bertz CT molecular complexity index is 400. The Morgan fingerprint density at radius 2 is 2.41 bits per heavy atom. The molecule has 1 aromatic rings. The third-order valence-corrected chi connectivity index (χ3v) is 4.05. The summed E-state index contributed by atoms with van der Waals surface area (Å²) in [6.45, 7) is 4.63. The molecule has 4 nitrogen and oxygen atoms in total. The Hall–Kier alpha value is -0.940. The normalized spacial score (nSPS) is 17.2. The van der Waals surface area contributed by atoms with E-state index in [9.17, 15) is 4.79 Å². The van der Waals surface area contributed by atoms with E-state index < -0.39 is 0 Å². The van der Waals surface area contributed by atoms with Crippen molar-refractivity contribution in [2.75, 3.05) is 12.4 Å². The van der Waals surface area contributed by atoms with E-state index in [1.807, 2.05) is 5.38 Å². The summed E-state index contributed by atoms with van der Waals surface area (Å²) >= 11 is 1.49. The maximum Gasteiger partial charge on any atom is 0.223 e. The van der Waals surface area contributed by atoms with Gasteiger partial charge in [-0.25, -0.2) is 4.98 Å². The van der Waals surface area contributed by atoms with Crippen molar-refractivity contribution < 1.29 is 4.79 Å². The van der Waals surface area contributed by atoms with Crippen LogP contribution < -0.4 is 5.32 Å². The third kappa shape index (κ3) is 3.51. The monoisotopic (exact) mass is 253 g/mol. The van der Waals surface area contributed by atoms with Crippen molar-refractivity contribution in [2.24, 2.45) is 5.92 Å². The van der Waals surface area contributed by atoms with Gasteiger partial charge in [-0.05, 0) is 32.7 Å². The largest absolute Gasteiger partial charge is 0.302 e. The van der Waals surface area contributed by atoms with Gasteiger partial charge in [0.05, 0.1) is 5.69 Å². The standard InChI is InChI=1S/C12H19N3OS/c1-8(10-4-5-10)15(3)6-11-7-17-12(14-11)13-9(2)16/h7-8,10H,4-6H2,1-3H3,(H,13,14,16). The molecule has 0 aliphatic heterocycles. The number of carbonyl (C=O) groups is 1. The quantitative estimate of drug-likeness (QED) is 0.876. The molecule has 1 amide bonds. The molecule has 1 atom stereocenters. The van der Waals surface area contributed by atoms with Crippen LogP contribution in [0.4, 0.5) is 5.13 Å². The lowest BCUT2D eigenvalue weighted by Gasteiger charge is -2.23. The average Bonchev–Trinajstić information content (AvgIpc) is 3.01. The number of aromatic nitrogens is 1. The van der Waals surface area contributed by atoms with Crippen LogP contribution in [0, 0.1) is 5.92 Å². The van der Waals surface area contributed by atoms with Crippen molar-refractivity contribution in [3.05, 3.63) is 11.1 Å². The first kappa shape index (κ1) is 12.5. The van der Waals surface area contributed by atoms with Gasteiger partial charge in [0.15, 0.2) is 5.13 Å². The second-order valence-corrected chi connectivity index (χ2v) is 5.68. The average molecular weight is 253 g/mol. The zero-order valence-electron chi connectivity index (χ0n) is 10.6. The van der Waals surface area contributed by atoms with E-state index in [-0.39, 0.29) is 5.91 Å². The van der Waals surface area contributed by atoms with Crippen molar-refractivity contribution in [2.45, 2.75) is 39.3 Å². The van der Waals surface area contributed by atoms with Crippen LogP contribution in [0.1, 0.15) is 32.4 Å². The Morgan fingerprint density at radius 3 is 3.00 bits per heavy atom. The third-order valence-electron chi connectivity index (χ3n) is 3.25. The number of rotatable bonds is 5. The van der Waals surface area contributed by atoms with Crippen LogP contribution in [0.5, 0.6) is 0 Å². The Labute approximate surface area is 106 Å². The van der Waals surface area contributed by atoms with Gasteiger partial charge >= 0.3 is 0 Å². The number of carbonyl (C=O) groups excluding carboxylic acids is 1. The lowest BCUT2D eigenvalue weighted by Crippen LogP contribution is -2.30. The predicted octanol–water partition coefficient (Wildman–Crippen LogP) is 2.33. The van der Waals surface area contributed by atoms with Crippen molar-refractivity contribution in [3.63, 3.8) is 0 Å². The lowest BCUT2D eigenvalue weighted by atomic mass is 10.2. The number of nitrogens with one attached hydrogen (secondary N) is 1. The van der Waals surface area contributed by atoms with E-state index in [2.05, 4.69) is 29.2 Å². The summed E-state index contributed by atoms with van der Waals surface area (Å²) in [5.74, 6) is 0.805. The molecule has 0 saturated heterocycles. The van der Waals surface area contributed by atoms with Gasteiger partial charge in [-0.15, -0.1) is 11.3 Å². The molecule has 1 heterocycles. The highest BCUT2D eigenvalue weighted by Crippen LogP contribution is 2.35. The summed E-state index contributed by atoms with van der Waals surface area (Å²) in [5.41, 5.74) is 1.04. The number of hydrogen-bond acceptors (Lipinski definition) is 4. The number of thiazole rings is 1. The van der Waals surface area contributed by atoms with E-state index in [1.54, 1.807) is 0 Å². The maximum absolute atomic E-state index is 10.9. The molecule has 0 bridgehead atoms. The molecule has 1 unspecified atom stereocenters. The topological polar surface area (TPSA) is 45.2 Å². The van der Waals surface area contributed by atoms with Gasteiger partial charge in [-0.3, -0.25) is 9.69 Å². The van der Waals surface area contributed by atoms with Crippen LogP contribution in [0.15, 0.2) is 5.38 Å². The summed E-state index contributed by atoms with van der Waals surface area (Å²) in [6.07, 6.45) is 2.72. The van der Waals surface area contributed by atoms with Gasteiger partial charge in [0.2, 0.25) is 5.91 Å². The zero-order chi connectivity index (χ0) is 12.4. The molecule has 1 aromatic heterocycles. The Balaban J connectivity index is 1.89. The maximum atomic E-state index is 10.9. The molecule has 5 heteroatoms. The van der Waals surface area contributed by atoms with Gasteiger partial charge in [-0.2, -0.15) is 0 Å². The van der Waals surface area contributed by atoms with Crippen molar-refractivity contribution >= 4 is 22.4 Å². The Kier molecular flexibility index (Phi) is 3.79. The van der Waals surface area contributed by atoms with Crippen LogP contribution in [0.3, 0.4) is 0 Å². The summed E-state index contributed by atoms with van der Waals surface area (Å²) in [6, 6.07) is 0.626. The highest BCUT2D eigenvalue weighted by molar-refractivity contribution is 7.13. The first-order valence-electron chi connectivity index (χ1n) is 5.98. The highest BCUT2D eigenvalue weighted by Gasteiger charge is 2.30. The predicted molar refractivity (Wildman–Crippen MR) is 70.1 cm³/mol. The summed E-state index contributed by atoms with van der Waals surface area (Å²) < 4.78 is 0. The van der Waals surface area contributed by atoms with Gasteiger partial charge in [0.25, 0.3) is 0 Å². The summed E-state index contributed by atoms with van der Waals surface area (Å²) in [5, 5.41) is 5.42. The van der Waals surface area contributed by atoms with Gasteiger partial charge in [-0.1, -0.05) is 0 Å². The lowest BCUT2D eigenvalue weighted by molar-refractivity contribution is -0.114. The second kappa shape index (κ2) is 5.14. The second-order valence-electron chi connectivity index (χ2n) is 4.82. The van der Waals surface area contributed by atoms with Crippen LogP contribution in [0.25, 0.3) is 0 Å². The minimum absolute atomic E-state index is 0.0643. The van der Waals surface area contributed by atoms with Gasteiger partial charge in [0.1, 0.15) is 0 Å². The van der Waals surface area contributed by atoms with Crippen LogP contribution >= 0.6 is 11.3 Å². The van der Waals surface area contributed by atoms with Crippen molar-refractivity contribution in [1.29, 1.82) is 0 Å². The number of anilines is 1. The van der Waals surface area contributed by atoms with E-state index in [0.29, 0.717) is 11.2 Å². The van der Waals surface area contributed by atoms with E-state index in [1.165, 1.54) is 31.1 Å². The smallest absolute Gasteiger partial charge is 0.223 e. The fraction of sp³-hybridized carbons (Fsp3) is 0.667. The van der Waals surface area contributed by atoms with Crippen LogP contribution in [-0.2, 0) is 11.3 Å². The zero-order valence-corrected chi connectivity index (χ0v) is 11.4. The molecular weight excluding hydrogens is 234 g/mol. The molecule has 1 aliphatic carbocycles. The van der Waals surface area contributed by atoms with Gasteiger partial charge in [0, 0.05) is 24.9 Å².